The number of H-pyrrole nitrogens is 1. The minimum absolute atomic E-state index is 0.0689. The molecule has 1 aliphatic rings. The molecule has 2 N–H and O–H groups in total. The van der Waals surface area contributed by atoms with Crippen LogP contribution in [0.5, 0.6) is 0 Å². The van der Waals surface area contributed by atoms with Crippen molar-refractivity contribution in [2.24, 2.45) is 5.92 Å². The molecule has 0 bridgehead atoms. The van der Waals surface area contributed by atoms with Crippen molar-refractivity contribution in [3.05, 3.63) is 41.4 Å². The van der Waals surface area contributed by atoms with Crippen LogP contribution >= 0.6 is 11.6 Å². The van der Waals surface area contributed by atoms with Crippen LogP contribution in [0.3, 0.4) is 0 Å². The monoisotopic (exact) mass is 292 g/mol. The summed E-state index contributed by atoms with van der Waals surface area (Å²) in [6, 6.07) is 3.86. The lowest BCUT2D eigenvalue weighted by molar-refractivity contribution is -0.0263. The minimum Gasteiger partial charge on any atom is -0.383 e. The highest BCUT2D eigenvalue weighted by Gasteiger charge is 2.28. The fourth-order valence-electron chi connectivity index (χ4n) is 2.58. The lowest BCUT2D eigenvalue weighted by atomic mass is 9.92. The van der Waals surface area contributed by atoms with Gasteiger partial charge in [-0.1, -0.05) is 11.6 Å². The standard InChI is InChI=1S/C14H17ClN4O/c15-11-9-16-5-3-12(11)17-8-10-2-1-7-20-14(10)13-4-6-18-19-13/h3-6,9-10,14H,1-2,7-8H2,(H,16,17)(H,18,19)/t10-,14+/m0/s1. The van der Waals surface area contributed by atoms with Gasteiger partial charge in [-0.3, -0.25) is 10.1 Å². The van der Waals surface area contributed by atoms with Crippen molar-refractivity contribution < 1.29 is 4.74 Å². The summed E-state index contributed by atoms with van der Waals surface area (Å²) in [4.78, 5) is 3.99. The Kier molecular flexibility index (Phi) is 4.18. The van der Waals surface area contributed by atoms with E-state index in [1.54, 1.807) is 18.6 Å². The van der Waals surface area contributed by atoms with Gasteiger partial charge in [-0.2, -0.15) is 5.10 Å². The van der Waals surface area contributed by atoms with Crippen LogP contribution in [0.1, 0.15) is 24.6 Å². The second-order valence-corrected chi connectivity index (χ2v) is 5.35. The zero-order chi connectivity index (χ0) is 13.8. The first-order valence-electron chi connectivity index (χ1n) is 6.79. The van der Waals surface area contributed by atoms with Gasteiger partial charge in [0.1, 0.15) is 6.10 Å². The molecule has 0 radical (unpaired) electrons. The Bertz CT molecular complexity index is 546. The third kappa shape index (κ3) is 2.94. The molecule has 3 heterocycles. The zero-order valence-corrected chi connectivity index (χ0v) is 11.8. The summed E-state index contributed by atoms with van der Waals surface area (Å²) in [5, 5.41) is 11.0. The summed E-state index contributed by atoms with van der Waals surface area (Å²) < 4.78 is 5.90. The van der Waals surface area contributed by atoms with Crippen molar-refractivity contribution in [2.45, 2.75) is 18.9 Å². The van der Waals surface area contributed by atoms with Gasteiger partial charge in [0.2, 0.25) is 0 Å². The van der Waals surface area contributed by atoms with Crippen molar-refractivity contribution in [3.8, 4) is 0 Å². The van der Waals surface area contributed by atoms with E-state index >= 15 is 0 Å². The molecule has 2 atom stereocenters. The van der Waals surface area contributed by atoms with Gasteiger partial charge >= 0.3 is 0 Å². The molecular weight excluding hydrogens is 276 g/mol. The van der Waals surface area contributed by atoms with Crippen LogP contribution in [0, 0.1) is 5.92 Å². The van der Waals surface area contributed by atoms with Gasteiger partial charge in [-0.25, -0.2) is 0 Å². The first-order chi connectivity index (χ1) is 9.84. The highest BCUT2D eigenvalue weighted by Crippen LogP contribution is 2.33. The molecule has 0 spiro atoms. The van der Waals surface area contributed by atoms with Gasteiger partial charge in [0.25, 0.3) is 0 Å². The molecule has 0 unspecified atom stereocenters. The van der Waals surface area contributed by atoms with E-state index in [4.69, 9.17) is 16.3 Å². The Morgan fingerprint density at radius 1 is 1.40 bits per heavy atom. The molecule has 1 aliphatic heterocycles. The largest absolute Gasteiger partial charge is 0.383 e. The van der Waals surface area contributed by atoms with Crippen LogP contribution in [-0.4, -0.2) is 28.3 Å². The maximum absolute atomic E-state index is 6.11. The van der Waals surface area contributed by atoms with Gasteiger partial charge in [-0.15, -0.1) is 0 Å². The van der Waals surface area contributed by atoms with E-state index in [2.05, 4.69) is 20.5 Å². The van der Waals surface area contributed by atoms with Gasteiger partial charge < -0.3 is 10.1 Å². The summed E-state index contributed by atoms with van der Waals surface area (Å²) in [7, 11) is 0. The quantitative estimate of drug-likeness (QED) is 0.909. The lowest BCUT2D eigenvalue weighted by Gasteiger charge is -2.31. The number of halogens is 1. The van der Waals surface area contributed by atoms with E-state index in [1.165, 1.54) is 0 Å². The average Bonchev–Trinajstić information content (AvgIpc) is 3.01. The summed E-state index contributed by atoms with van der Waals surface area (Å²) in [5.74, 6) is 0.397. The Balaban J connectivity index is 1.67. The molecule has 3 rings (SSSR count). The molecule has 1 saturated heterocycles. The molecule has 0 amide bonds. The van der Waals surface area contributed by atoms with E-state index in [9.17, 15) is 0 Å². The molecule has 6 heteroatoms. The minimum atomic E-state index is 0.0689. The molecule has 1 fully saturated rings. The highest BCUT2D eigenvalue weighted by molar-refractivity contribution is 6.33. The van der Waals surface area contributed by atoms with E-state index in [1.807, 2.05) is 12.1 Å². The van der Waals surface area contributed by atoms with Crippen molar-refractivity contribution in [3.63, 3.8) is 0 Å². The van der Waals surface area contributed by atoms with Crippen LogP contribution in [0.4, 0.5) is 5.69 Å². The number of anilines is 1. The van der Waals surface area contributed by atoms with Crippen LogP contribution in [-0.2, 0) is 4.74 Å². The maximum Gasteiger partial charge on any atom is 0.103 e. The molecule has 0 aliphatic carbocycles. The zero-order valence-electron chi connectivity index (χ0n) is 11.1. The van der Waals surface area contributed by atoms with Gasteiger partial charge in [0, 0.05) is 37.7 Å². The number of aromatic nitrogens is 3. The highest BCUT2D eigenvalue weighted by atomic mass is 35.5. The third-order valence-electron chi connectivity index (χ3n) is 3.60. The molecule has 20 heavy (non-hydrogen) atoms. The number of aromatic amines is 1. The lowest BCUT2D eigenvalue weighted by Crippen LogP contribution is -2.28. The van der Waals surface area contributed by atoms with Crippen LogP contribution in [0.25, 0.3) is 0 Å². The van der Waals surface area contributed by atoms with Gasteiger partial charge in [0.15, 0.2) is 0 Å². The van der Waals surface area contributed by atoms with Crippen LogP contribution in [0.15, 0.2) is 30.7 Å². The first-order valence-corrected chi connectivity index (χ1v) is 7.16. The number of pyridine rings is 1. The maximum atomic E-state index is 6.11. The number of ether oxygens (including phenoxy) is 1. The van der Waals surface area contributed by atoms with Crippen LogP contribution < -0.4 is 5.32 Å². The Labute approximate surface area is 122 Å². The van der Waals surface area contributed by atoms with Gasteiger partial charge in [0.05, 0.1) is 16.4 Å². The van der Waals surface area contributed by atoms with Crippen molar-refractivity contribution in [2.75, 3.05) is 18.5 Å². The van der Waals surface area contributed by atoms with Crippen molar-refractivity contribution in [1.29, 1.82) is 0 Å². The molecule has 2 aromatic heterocycles. The van der Waals surface area contributed by atoms with Gasteiger partial charge in [-0.05, 0) is 25.0 Å². The van der Waals surface area contributed by atoms with E-state index in [0.29, 0.717) is 10.9 Å². The Morgan fingerprint density at radius 2 is 2.35 bits per heavy atom. The molecule has 0 aromatic carbocycles. The number of nitrogens with zero attached hydrogens (tertiary/aromatic N) is 2. The molecule has 2 aromatic rings. The fraction of sp³-hybridized carbons (Fsp3) is 0.429. The molecule has 5 nitrogen and oxygen atoms in total. The van der Waals surface area contributed by atoms with Crippen LogP contribution in [0.2, 0.25) is 5.02 Å². The third-order valence-corrected chi connectivity index (χ3v) is 3.90. The molecular formula is C14H17ClN4O. The summed E-state index contributed by atoms with van der Waals surface area (Å²) in [6.45, 7) is 1.61. The number of hydrogen-bond acceptors (Lipinski definition) is 4. The first kappa shape index (κ1) is 13.4. The van der Waals surface area contributed by atoms with E-state index < -0.39 is 0 Å². The number of rotatable bonds is 4. The second kappa shape index (κ2) is 6.24. The summed E-state index contributed by atoms with van der Waals surface area (Å²) in [6.07, 6.45) is 7.42. The second-order valence-electron chi connectivity index (χ2n) is 4.94. The predicted molar refractivity (Wildman–Crippen MR) is 77.7 cm³/mol. The number of nitrogens with one attached hydrogen (secondary N) is 2. The fourth-order valence-corrected chi connectivity index (χ4v) is 2.77. The Morgan fingerprint density at radius 3 is 3.15 bits per heavy atom. The molecule has 106 valence electrons. The summed E-state index contributed by atoms with van der Waals surface area (Å²) >= 11 is 6.11. The van der Waals surface area contributed by atoms with E-state index in [-0.39, 0.29) is 6.10 Å². The SMILES string of the molecule is Clc1cnccc1NC[C@@H]1CCCO[C@H]1c1ccn[nH]1. The topological polar surface area (TPSA) is 62.8 Å². The summed E-state index contributed by atoms with van der Waals surface area (Å²) in [5.41, 5.74) is 1.95. The Hall–Kier alpha value is -1.59. The van der Waals surface area contributed by atoms with Crippen molar-refractivity contribution >= 4 is 17.3 Å². The smallest absolute Gasteiger partial charge is 0.103 e. The van der Waals surface area contributed by atoms with Crippen molar-refractivity contribution in [1.82, 2.24) is 15.2 Å². The molecule has 0 saturated carbocycles. The van der Waals surface area contributed by atoms with E-state index in [0.717, 1.165) is 37.4 Å². The average molecular weight is 293 g/mol. The normalized spacial score (nSPS) is 22.6. The predicted octanol–water partition coefficient (Wildman–Crippen LogP) is 3.04. The number of hydrogen-bond donors (Lipinski definition) is 2.